The molecule has 1 aromatic heterocycles. The number of anilines is 2. The minimum Gasteiger partial charge on any atom is -0.378 e. The summed E-state index contributed by atoms with van der Waals surface area (Å²) in [4.78, 5) is 17.8. The van der Waals surface area contributed by atoms with Crippen LogP contribution < -0.4 is 11.1 Å². The number of nitrogens with zero attached hydrogens (tertiary/aromatic N) is 3. The van der Waals surface area contributed by atoms with Gasteiger partial charge in [0.2, 0.25) is 11.6 Å². The van der Waals surface area contributed by atoms with Crippen LogP contribution in [0.2, 0.25) is 0 Å². The Labute approximate surface area is 103 Å². The number of thioether (sulfide) groups is 1. The normalized spacial score (nSPS) is 12.1. The van der Waals surface area contributed by atoms with Crippen molar-refractivity contribution in [3.05, 3.63) is 16.4 Å². The molecule has 0 fully saturated rings. The Morgan fingerprint density at radius 3 is 2.88 bits per heavy atom. The van der Waals surface area contributed by atoms with Crippen LogP contribution in [0.5, 0.6) is 0 Å². The predicted octanol–water partition coefficient (Wildman–Crippen LogP) is 1.52. The Morgan fingerprint density at radius 2 is 2.35 bits per heavy atom. The number of hydrogen-bond acceptors (Lipinski definition) is 7. The molecule has 0 spiro atoms. The summed E-state index contributed by atoms with van der Waals surface area (Å²) >= 11 is 1.67. The van der Waals surface area contributed by atoms with Crippen molar-refractivity contribution < 1.29 is 4.92 Å². The number of aromatic nitrogens is 2. The SMILES string of the molecule is CCC(CSC)Nc1ncnc(N)c1[N+](=O)[O-]. The zero-order valence-corrected chi connectivity index (χ0v) is 10.5. The molecule has 1 rings (SSSR count). The lowest BCUT2D eigenvalue weighted by Gasteiger charge is -2.16. The van der Waals surface area contributed by atoms with Gasteiger partial charge in [0.25, 0.3) is 0 Å². The molecule has 0 aliphatic rings. The molecule has 0 amide bonds. The largest absolute Gasteiger partial charge is 0.378 e. The first kappa shape index (κ1) is 13.5. The Kier molecular flexibility index (Phi) is 4.95. The molecule has 1 aromatic rings. The van der Waals surface area contributed by atoms with E-state index in [4.69, 9.17) is 5.73 Å². The summed E-state index contributed by atoms with van der Waals surface area (Å²) in [6.45, 7) is 2.00. The molecule has 0 bridgehead atoms. The van der Waals surface area contributed by atoms with Crippen molar-refractivity contribution in [3.63, 3.8) is 0 Å². The molecule has 3 N–H and O–H groups in total. The second-order valence-electron chi connectivity index (χ2n) is 3.42. The van der Waals surface area contributed by atoms with Gasteiger partial charge in [0.15, 0.2) is 0 Å². The van der Waals surface area contributed by atoms with Crippen molar-refractivity contribution in [1.82, 2.24) is 9.97 Å². The maximum Gasteiger partial charge on any atom is 0.352 e. The van der Waals surface area contributed by atoms with E-state index >= 15 is 0 Å². The zero-order chi connectivity index (χ0) is 12.8. The van der Waals surface area contributed by atoms with Crippen molar-refractivity contribution in [1.29, 1.82) is 0 Å². The third-order valence-electron chi connectivity index (χ3n) is 2.23. The smallest absolute Gasteiger partial charge is 0.352 e. The topological polar surface area (TPSA) is 107 Å². The van der Waals surface area contributed by atoms with Crippen LogP contribution in [0.15, 0.2) is 6.33 Å². The minimum absolute atomic E-state index is 0.119. The fraction of sp³-hybridized carbons (Fsp3) is 0.556. The van der Waals surface area contributed by atoms with Crippen molar-refractivity contribution in [2.24, 2.45) is 0 Å². The fourth-order valence-electron chi connectivity index (χ4n) is 1.33. The molecule has 0 saturated heterocycles. The van der Waals surface area contributed by atoms with Crippen LogP contribution in [0.25, 0.3) is 0 Å². The van der Waals surface area contributed by atoms with Crippen LogP contribution in [0.4, 0.5) is 17.3 Å². The molecule has 0 saturated carbocycles. The van der Waals surface area contributed by atoms with Gasteiger partial charge in [-0.25, -0.2) is 9.97 Å². The Hall–Kier alpha value is -1.57. The van der Waals surface area contributed by atoms with E-state index in [1.54, 1.807) is 11.8 Å². The van der Waals surface area contributed by atoms with Gasteiger partial charge in [-0.1, -0.05) is 6.92 Å². The van der Waals surface area contributed by atoms with Gasteiger partial charge in [-0.15, -0.1) is 0 Å². The molecular weight excluding hydrogens is 242 g/mol. The minimum atomic E-state index is -0.566. The zero-order valence-electron chi connectivity index (χ0n) is 9.71. The summed E-state index contributed by atoms with van der Waals surface area (Å²) in [5.74, 6) is 0.910. The quantitative estimate of drug-likeness (QED) is 0.587. The highest BCUT2D eigenvalue weighted by Gasteiger charge is 2.22. The van der Waals surface area contributed by atoms with Gasteiger partial charge >= 0.3 is 5.69 Å². The molecule has 7 nitrogen and oxygen atoms in total. The van der Waals surface area contributed by atoms with Gasteiger partial charge in [0, 0.05) is 11.8 Å². The summed E-state index contributed by atoms with van der Waals surface area (Å²) in [6, 6.07) is 0.123. The van der Waals surface area contributed by atoms with Crippen LogP contribution in [0.3, 0.4) is 0 Å². The second-order valence-corrected chi connectivity index (χ2v) is 4.33. The first-order chi connectivity index (χ1) is 8.10. The van der Waals surface area contributed by atoms with Crippen molar-refractivity contribution in [3.8, 4) is 0 Å². The number of nitrogens with two attached hydrogens (primary N) is 1. The Morgan fingerprint density at radius 1 is 1.65 bits per heavy atom. The lowest BCUT2D eigenvalue weighted by Crippen LogP contribution is -2.22. The van der Waals surface area contributed by atoms with E-state index in [2.05, 4.69) is 15.3 Å². The predicted molar refractivity (Wildman–Crippen MR) is 69.2 cm³/mol. The summed E-state index contributed by atoms with van der Waals surface area (Å²) < 4.78 is 0. The first-order valence-corrected chi connectivity index (χ1v) is 6.49. The standard InChI is InChI=1S/C9H15N5O2S/c1-3-6(4-17-2)13-9-7(14(15)16)8(10)11-5-12-9/h5-6H,3-4H2,1-2H3,(H3,10,11,12,13). The van der Waals surface area contributed by atoms with Gasteiger partial charge in [-0.2, -0.15) is 11.8 Å². The Bertz CT molecular complexity index is 401. The molecule has 1 atom stereocenters. The molecule has 0 aliphatic heterocycles. The molecular formula is C9H15N5O2S. The van der Waals surface area contributed by atoms with Crippen LogP contribution in [0, 0.1) is 10.1 Å². The summed E-state index contributed by atoms with van der Waals surface area (Å²) in [5.41, 5.74) is 5.22. The maximum absolute atomic E-state index is 10.9. The summed E-state index contributed by atoms with van der Waals surface area (Å²) in [5, 5.41) is 13.9. The van der Waals surface area contributed by atoms with Crippen molar-refractivity contribution in [2.45, 2.75) is 19.4 Å². The number of nitrogens with one attached hydrogen (secondary N) is 1. The number of nitro groups is 1. The first-order valence-electron chi connectivity index (χ1n) is 5.10. The average molecular weight is 257 g/mol. The monoisotopic (exact) mass is 257 g/mol. The van der Waals surface area contributed by atoms with Gasteiger partial charge in [0.05, 0.1) is 4.92 Å². The van der Waals surface area contributed by atoms with Gasteiger partial charge in [-0.3, -0.25) is 10.1 Å². The highest BCUT2D eigenvalue weighted by Crippen LogP contribution is 2.27. The van der Waals surface area contributed by atoms with Crippen molar-refractivity contribution >= 4 is 29.1 Å². The maximum atomic E-state index is 10.9. The van der Waals surface area contributed by atoms with Gasteiger partial charge < -0.3 is 11.1 Å². The molecule has 0 aromatic carbocycles. The van der Waals surface area contributed by atoms with E-state index in [9.17, 15) is 10.1 Å². The average Bonchev–Trinajstić information content (AvgIpc) is 2.28. The molecule has 1 heterocycles. The number of rotatable bonds is 6. The van der Waals surface area contributed by atoms with E-state index in [0.717, 1.165) is 12.2 Å². The van der Waals surface area contributed by atoms with Crippen LogP contribution in [-0.2, 0) is 0 Å². The summed E-state index contributed by atoms with van der Waals surface area (Å²) in [7, 11) is 0. The number of nitrogen functional groups attached to an aromatic ring is 1. The van der Waals surface area contributed by atoms with E-state index in [1.807, 2.05) is 13.2 Å². The van der Waals surface area contributed by atoms with Gasteiger partial charge in [-0.05, 0) is 12.7 Å². The molecule has 94 valence electrons. The van der Waals surface area contributed by atoms with E-state index < -0.39 is 4.92 Å². The molecule has 0 aliphatic carbocycles. The number of hydrogen-bond donors (Lipinski definition) is 2. The fourth-order valence-corrected chi connectivity index (χ4v) is 2.06. The highest BCUT2D eigenvalue weighted by atomic mass is 32.2. The molecule has 8 heteroatoms. The lowest BCUT2D eigenvalue weighted by atomic mass is 10.2. The van der Waals surface area contributed by atoms with E-state index in [1.165, 1.54) is 6.33 Å². The van der Waals surface area contributed by atoms with Crippen LogP contribution >= 0.6 is 11.8 Å². The molecule has 1 unspecified atom stereocenters. The molecule has 0 radical (unpaired) electrons. The van der Waals surface area contributed by atoms with Crippen molar-refractivity contribution in [2.75, 3.05) is 23.1 Å². The van der Waals surface area contributed by atoms with E-state index in [-0.39, 0.29) is 23.4 Å². The summed E-state index contributed by atoms with van der Waals surface area (Å²) in [6.07, 6.45) is 4.05. The van der Waals surface area contributed by atoms with Gasteiger partial charge in [0.1, 0.15) is 6.33 Å². The highest BCUT2D eigenvalue weighted by molar-refractivity contribution is 7.98. The Balaban J connectivity index is 2.97. The van der Waals surface area contributed by atoms with Crippen LogP contribution in [0.1, 0.15) is 13.3 Å². The second kappa shape index (κ2) is 6.24. The third kappa shape index (κ3) is 3.45. The van der Waals surface area contributed by atoms with E-state index in [0.29, 0.717) is 0 Å². The lowest BCUT2D eigenvalue weighted by molar-refractivity contribution is -0.383. The molecule has 17 heavy (non-hydrogen) atoms. The third-order valence-corrected chi connectivity index (χ3v) is 2.97. The van der Waals surface area contributed by atoms with Crippen LogP contribution in [-0.4, -0.2) is 32.9 Å².